The van der Waals surface area contributed by atoms with Crippen LogP contribution in [0.15, 0.2) is 30.5 Å². The molecule has 77 valence electrons. The number of carboxylic acids is 1. The predicted molar refractivity (Wildman–Crippen MR) is 55.9 cm³/mol. The van der Waals surface area contributed by atoms with Gasteiger partial charge in [0, 0.05) is 29.0 Å². The molecule has 0 spiro atoms. The molecule has 1 radical (unpaired) electrons. The van der Waals surface area contributed by atoms with Crippen molar-refractivity contribution in [2.24, 2.45) is 5.92 Å². The molecule has 3 nitrogen and oxygen atoms in total. The number of para-hydroxylation sites is 1. The number of aromatic nitrogens is 1. The van der Waals surface area contributed by atoms with Crippen LogP contribution in [0.25, 0.3) is 10.9 Å². The van der Waals surface area contributed by atoms with Crippen molar-refractivity contribution in [2.45, 2.75) is 6.42 Å². The van der Waals surface area contributed by atoms with Gasteiger partial charge in [-0.25, -0.2) is 0 Å². The SMILES string of the molecule is [CH2]C(Cc1c[nH]c2ccccc12)C(=O)[O-]. The Labute approximate surface area is 87.7 Å². The van der Waals surface area contributed by atoms with Crippen LogP contribution in [-0.4, -0.2) is 11.0 Å². The Morgan fingerprint density at radius 2 is 2.20 bits per heavy atom. The molecule has 1 aromatic heterocycles. The van der Waals surface area contributed by atoms with E-state index in [9.17, 15) is 9.90 Å². The number of aromatic amines is 1. The van der Waals surface area contributed by atoms with Crippen molar-refractivity contribution in [2.75, 3.05) is 0 Å². The molecule has 2 aromatic rings. The summed E-state index contributed by atoms with van der Waals surface area (Å²) in [5, 5.41) is 11.6. The number of carbonyl (C=O) groups is 1. The highest BCUT2D eigenvalue weighted by molar-refractivity contribution is 5.83. The molecule has 0 aliphatic rings. The van der Waals surface area contributed by atoms with Gasteiger partial charge < -0.3 is 14.9 Å². The van der Waals surface area contributed by atoms with Crippen LogP contribution in [0.1, 0.15) is 5.56 Å². The quantitative estimate of drug-likeness (QED) is 0.802. The number of carbonyl (C=O) groups excluding carboxylic acids is 1. The number of nitrogens with one attached hydrogen (secondary N) is 1. The molecule has 0 aliphatic heterocycles. The summed E-state index contributed by atoms with van der Waals surface area (Å²) in [4.78, 5) is 13.7. The van der Waals surface area contributed by atoms with E-state index in [1.807, 2.05) is 30.5 Å². The summed E-state index contributed by atoms with van der Waals surface area (Å²) < 4.78 is 0. The van der Waals surface area contributed by atoms with Crippen LogP contribution in [-0.2, 0) is 11.2 Å². The molecule has 0 fully saturated rings. The van der Waals surface area contributed by atoms with Crippen molar-refractivity contribution < 1.29 is 9.90 Å². The average Bonchev–Trinajstić information content (AvgIpc) is 2.62. The summed E-state index contributed by atoms with van der Waals surface area (Å²) in [6.45, 7) is 3.54. The van der Waals surface area contributed by atoms with Gasteiger partial charge in [-0.3, -0.25) is 0 Å². The third-order valence-corrected chi connectivity index (χ3v) is 2.47. The number of rotatable bonds is 3. The van der Waals surface area contributed by atoms with E-state index in [4.69, 9.17) is 0 Å². The molecule has 0 aliphatic carbocycles. The fourth-order valence-corrected chi connectivity index (χ4v) is 1.65. The maximum Gasteiger partial charge on any atom is 0.0456 e. The third kappa shape index (κ3) is 1.86. The van der Waals surface area contributed by atoms with Gasteiger partial charge in [0.2, 0.25) is 0 Å². The number of benzene rings is 1. The molecule has 0 amide bonds. The number of carboxylic acid groups (broad SMARTS) is 1. The van der Waals surface area contributed by atoms with Crippen molar-refractivity contribution in [3.63, 3.8) is 0 Å². The van der Waals surface area contributed by atoms with Gasteiger partial charge >= 0.3 is 0 Å². The molecule has 0 saturated carbocycles. The largest absolute Gasteiger partial charge is 0.550 e. The molecule has 2 rings (SSSR count). The fourth-order valence-electron chi connectivity index (χ4n) is 1.65. The van der Waals surface area contributed by atoms with Gasteiger partial charge in [0.1, 0.15) is 0 Å². The Hall–Kier alpha value is -1.77. The first-order valence-corrected chi connectivity index (χ1v) is 4.77. The summed E-state index contributed by atoms with van der Waals surface area (Å²) in [5.41, 5.74) is 1.98. The topological polar surface area (TPSA) is 55.9 Å². The van der Waals surface area contributed by atoms with Crippen molar-refractivity contribution >= 4 is 16.9 Å². The Morgan fingerprint density at radius 3 is 2.93 bits per heavy atom. The minimum absolute atomic E-state index is 0.395. The Kier molecular flexibility index (Phi) is 2.46. The molecule has 3 heteroatoms. The molecule has 1 N–H and O–H groups in total. The number of hydrogen-bond donors (Lipinski definition) is 1. The minimum Gasteiger partial charge on any atom is -0.550 e. The lowest BCUT2D eigenvalue weighted by Crippen LogP contribution is -2.30. The van der Waals surface area contributed by atoms with Gasteiger partial charge in [-0.15, -0.1) is 0 Å². The van der Waals surface area contributed by atoms with E-state index in [0.717, 1.165) is 16.5 Å². The van der Waals surface area contributed by atoms with Crippen molar-refractivity contribution in [3.05, 3.63) is 42.9 Å². The number of fused-ring (bicyclic) bond motifs is 1. The maximum atomic E-state index is 10.6. The first-order valence-electron chi connectivity index (χ1n) is 4.77. The second-order valence-corrected chi connectivity index (χ2v) is 3.58. The normalized spacial score (nSPS) is 12.9. The first-order chi connectivity index (χ1) is 7.18. The minimum atomic E-state index is -1.11. The second kappa shape index (κ2) is 3.77. The summed E-state index contributed by atoms with van der Waals surface area (Å²) in [6, 6.07) is 7.78. The monoisotopic (exact) mass is 201 g/mol. The Bertz CT molecular complexity index is 487. The lowest BCUT2D eigenvalue weighted by Gasteiger charge is -2.10. The van der Waals surface area contributed by atoms with Gasteiger partial charge in [0.15, 0.2) is 0 Å². The fraction of sp³-hybridized carbons (Fsp3) is 0.167. The molecular formula is C12H11NO2-. The highest BCUT2D eigenvalue weighted by Gasteiger charge is 2.08. The summed E-state index contributed by atoms with van der Waals surface area (Å²) >= 11 is 0. The molecule has 0 saturated heterocycles. The zero-order valence-corrected chi connectivity index (χ0v) is 8.19. The van der Waals surface area contributed by atoms with Crippen LogP contribution in [0.4, 0.5) is 0 Å². The predicted octanol–water partition coefficient (Wildman–Crippen LogP) is 0.911. The smallest absolute Gasteiger partial charge is 0.0456 e. The van der Waals surface area contributed by atoms with Crippen LogP contribution in [0, 0.1) is 12.8 Å². The zero-order chi connectivity index (χ0) is 10.8. The Balaban J connectivity index is 2.32. The molecule has 1 atom stereocenters. The zero-order valence-electron chi connectivity index (χ0n) is 8.19. The van der Waals surface area contributed by atoms with E-state index in [1.165, 1.54) is 0 Å². The first kappa shape index (κ1) is 9.77. The second-order valence-electron chi connectivity index (χ2n) is 3.58. The van der Waals surface area contributed by atoms with E-state index in [1.54, 1.807) is 0 Å². The summed E-state index contributed by atoms with van der Waals surface area (Å²) in [5.74, 6) is -1.82. The lowest BCUT2D eigenvalue weighted by molar-refractivity contribution is -0.309. The highest BCUT2D eigenvalue weighted by atomic mass is 16.4. The van der Waals surface area contributed by atoms with Crippen LogP contribution in [0.3, 0.4) is 0 Å². The third-order valence-electron chi connectivity index (χ3n) is 2.47. The molecule has 0 bridgehead atoms. The average molecular weight is 201 g/mol. The standard InChI is InChI=1S/C12H12NO2/c1-8(12(14)15)6-9-7-13-11-5-3-2-4-10(9)11/h2-5,7-8,13H,1,6H2,(H,14,15)/p-1. The van der Waals surface area contributed by atoms with Crippen LogP contribution in [0.5, 0.6) is 0 Å². The molecular weight excluding hydrogens is 190 g/mol. The van der Waals surface area contributed by atoms with Gasteiger partial charge in [-0.1, -0.05) is 18.2 Å². The van der Waals surface area contributed by atoms with E-state index < -0.39 is 11.9 Å². The number of aliphatic carboxylic acids is 1. The Morgan fingerprint density at radius 1 is 1.47 bits per heavy atom. The lowest BCUT2D eigenvalue weighted by atomic mass is 10.0. The molecule has 1 unspecified atom stereocenters. The van der Waals surface area contributed by atoms with E-state index in [2.05, 4.69) is 11.9 Å². The van der Waals surface area contributed by atoms with Gasteiger partial charge in [0.25, 0.3) is 0 Å². The van der Waals surface area contributed by atoms with E-state index in [0.29, 0.717) is 6.42 Å². The molecule has 1 heterocycles. The number of H-pyrrole nitrogens is 1. The van der Waals surface area contributed by atoms with E-state index in [-0.39, 0.29) is 0 Å². The van der Waals surface area contributed by atoms with Crippen molar-refractivity contribution in [1.29, 1.82) is 0 Å². The molecule has 15 heavy (non-hydrogen) atoms. The maximum absolute atomic E-state index is 10.6. The summed E-state index contributed by atoms with van der Waals surface area (Å²) in [7, 11) is 0. The van der Waals surface area contributed by atoms with E-state index >= 15 is 0 Å². The highest BCUT2D eigenvalue weighted by Crippen LogP contribution is 2.20. The van der Waals surface area contributed by atoms with Gasteiger partial charge in [0.05, 0.1) is 0 Å². The van der Waals surface area contributed by atoms with Crippen molar-refractivity contribution in [3.8, 4) is 0 Å². The van der Waals surface area contributed by atoms with Gasteiger partial charge in [-0.2, -0.15) is 0 Å². The number of hydrogen-bond acceptors (Lipinski definition) is 2. The van der Waals surface area contributed by atoms with Crippen molar-refractivity contribution in [1.82, 2.24) is 4.98 Å². The van der Waals surface area contributed by atoms with Gasteiger partial charge in [-0.05, 0) is 25.0 Å². The van der Waals surface area contributed by atoms with Crippen LogP contribution >= 0.6 is 0 Å². The van der Waals surface area contributed by atoms with Crippen LogP contribution in [0.2, 0.25) is 0 Å². The summed E-state index contributed by atoms with van der Waals surface area (Å²) in [6.07, 6.45) is 2.22. The van der Waals surface area contributed by atoms with Crippen LogP contribution < -0.4 is 5.11 Å². The molecule has 1 aromatic carbocycles.